The van der Waals surface area contributed by atoms with Crippen molar-refractivity contribution in [2.24, 2.45) is 0 Å². The fourth-order valence-corrected chi connectivity index (χ4v) is 3.74. The van der Waals surface area contributed by atoms with Crippen molar-refractivity contribution in [1.29, 1.82) is 0 Å². The second-order valence-electron chi connectivity index (χ2n) is 5.83. The van der Waals surface area contributed by atoms with Gasteiger partial charge in [-0.1, -0.05) is 18.2 Å². The Balaban J connectivity index is 1.48. The van der Waals surface area contributed by atoms with E-state index in [1.165, 1.54) is 4.90 Å². The normalized spacial score (nSPS) is 13.8. The summed E-state index contributed by atoms with van der Waals surface area (Å²) in [6.45, 7) is -0.0873. The molecule has 0 saturated heterocycles. The predicted octanol–water partition coefficient (Wildman–Crippen LogP) is 2.33. The van der Waals surface area contributed by atoms with Crippen molar-refractivity contribution >= 4 is 35.2 Å². The summed E-state index contributed by atoms with van der Waals surface area (Å²) in [5, 5.41) is 10.6. The molecule has 1 aliphatic rings. The quantitative estimate of drug-likeness (QED) is 0.720. The van der Waals surface area contributed by atoms with Crippen molar-refractivity contribution in [3.8, 4) is 11.5 Å². The van der Waals surface area contributed by atoms with Crippen LogP contribution in [0.15, 0.2) is 53.6 Å². The first-order valence-electron chi connectivity index (χ1n) is 8.37. The van der Waals surface area contributed by atoms with Crippen LogP contribution in [0.25, 0.3) is 11.5 Å². The maximum Gasteiger partial charge on any atom is 0.246 e. The first-order valence-corrected chi connectivity index (χ1v) is 9.35. The van der Waals surface area contributed by atoms with Gasteiger partial charge >= 0.3 is 0 Å². The van der Waals surface area contributed by atoms with Gasteiger partial charge in [0.25, 0.3) is 0 Å². The van der Waals surface area contributed by atoms with Gasteiger partial charge in [-0.05, 0) is 24.3 Å². The highest BCUT2D eigenvalue weighted by atomic mass is 32.2. The van der Waals surface area contributed by atoms with E-state index in [2.05, 4.69) is 25.5 Å². The van der Waals surface area contributed by atoms with Crippen molar-refractivity contribution in [2.75, 3.05) is 22.5 Å². The zero-order valence-corrected chi connectivity index (χ0v) is 15.1. The molecule has 0 radical (unpaired) electrons. The summed E-state index contributed by atoms with van der Waals surface area (Å²) in [4.78, 5) is 34.5. The molecular weight excluding hydrogens is 364 g/mol. The van der Waals surface area contributed by atoms with E-state index in [1.807, 2.05) is 30.3 Å². The van der Waals surface area contributed by atoms with Crippen LogP contribution in [0.4, 0.5) is 11.6 Å². The highest BCUT2D eigenvalue weighted by Crippen LogP contribution is 2.33. The van der Waals surface area contributed by atoms with E-state index in [-0.39, 0.29) is 24.3 Å². The second kappa shape index (κ2) is 7.58. The monoisotopic (exact) mass is 380 g/mol. The molecule has 0 fully saturated rings. The molecule has 0 spiro atoms. The van der Waals surface area contributed by atoms with E-state index in [4.69, 9.17) is 0 Å². The number of para-hydroxylation sites is 1. The Morgan fingerprint density at radius 3 is 2.89 bits per heavy atom. The van der Waals surface area contributed by atoms with Crippen LogP contribution in [-0.4, -0.2) is 44.3 Å². The second-order valence-corrected chi connectivity index (χ2v) is 6.97. The largest absolute Gasteiger partial charge is 0.306 e. The van der Waals surface area contributed by atoms with Crippen LogP contribution in [0.1, 0.15) is 6.42 Å². The van der Waals surface area contributed by atoms with Gasteiger partial charge in [-0.2, -0.15) is 0 Å². The summed E-state index contributed by atoms with van der Waals surface area (Å²) >= 11 is 1.62. The van der Waals surface area contributed by atoms with Crippen LogP contribution in [0.3, 0.4) is 0 Å². The number of aromatic amines is 1. The maximum absolute atomic E-state index is 12.5. The zero-order valence-electron chi connectivity index (χ0n) is 14.3. The average molecular weight is 380 g/mol. The Bertz CT molecular complexity index is 975. The maximum atomic E-state index is 12.5. The van der Waals surface area contributed by atoms with Gasteiger partial charge in [0, 0.05) is 23.3 Å². The van der Waals surface area contributed by atoms with Crippen LogP contribution >= 0.6 is 11.8 Å². The number of hydrogen-bond donors (Lipinski definition) is 2. The van der Waals surface area contributed by atoms with Gasteiger partial charge in [0.2, 0.25) is 17.8 Å². The summed E-state index contributed by atoms with van der Waals surface area (Å²) in [7, 11) is 0. The van der Waals surface area contributed by atoms with Crippen molar-refractivity contribution in [2.45, 2.75) is 11.3 Å². The lowest BCUT2D eigenvalue weighted by atomic mass is 10.2. The molecule has 4 rings (SSSR count). The Kier molecular flexibility index (Phi) is 4.84. The van der Waals surface area contributed by atoms with E-state index < -0.39 is 0 Å². The molecule has 9 heteroatoms. The van der Waals surface area contributed by atoms with Crippen LogP contribution in [-0.2, 0) is 9.59 Å². The van der Waals surface area contributed by atoms with Crippen LogP contribution in [0, 0.1) is 0 Å². The van der Waals surface area contributed by atoms with E-state index in [1.54, 1.807) is 30.1 Å². The fourth-order valence-electron chi connectivity index (χ4n) is 2.74. The molecule has 3 heterocycles. The number of anilines is 2. The topological polar surface area (TPSA) is 104 Å². The Labute approximate surface area is 159 Å². The first-order chi connectivity index (χ1) is 13.2. The third-order valence-corrected chi connectivity index (χ3v) is 5.05. The Morgan fingerprint density at radius 2 is 2.04 bits per heavy atom. The summed E-state index contributed by atoms with van der Waals surface area (Å²) in [6, 6.07) is 13.0. The number of aromatic nitrogens is 4. The van der Waals surface area contributed by atoms with Gasteiger partial charge in [-0.3, -0.25) is 19.9 Å². The molecule has 3 aromatic rings. The molecule has 1 aromatic carbocycles. The molecule has 2 N–H and O–H groups in total. The third kappa shape index (κ3) is 3.82. The summed E-state index contributed by atoms with van der Waals surface area (Å²) in [5.74, 6) is 0.941. The van der Waals surface area contributed by atoms with Crippen molar-refractivity contribution in [3.63, 3.8) is 0 Å². The number of pyridine rings is 1. The van der Waals surface area contributed by atoms with Crippen molar-refractivity contribution in [3.05, 3.63) is 48.7 Å². The minimum atomic E-state index is -0.353. The third-order valence-electron chi connectivity index (χ3n) is 3.98. The van der Waals surface area contributed by atoms with E-state index >= 15 is 0 Å². The van der Waals surface area contributed by atoms with Gasteiger partial charge in [0.15, 0.2) is 5.82 Å². The van der Waals surface area contributed by atoms with Gasteiger partial charge < -0.3 is 9.88 Å². The highest BCUT2D eigenvalue weighted by Gasteiger charge is 2.24. The number of carbonyl (C=O) groups is 2. The van der Waals surface area contributed by atoms with Crippen molar-refractivity contribution in [1.82, 2.24) is 20.2 Å². The smallest absolute Gasteiger partial charge is 0.246 e. The van der Waals surface area contributed by atoms with Crippen molar-refractivity contribution < 1.29 is 9.59 Å². The standard InChI is InChI=1S/C18H16N6O2S/c25-15(20-18-21-17(22-23-18)12-5-3-4-9-19-12)11-24-13-6-1-2-7-14(13)27-10-8-16(24)26/h1-7,9H,8,10-11H2,(H2,20,21,22,23,25). The predicted molar refractivity (Wildman–Crippen MR) is 102 cm³/mol. The van der Waals surface area contributed by atoms with Gasteiger partial charge in [-0.15, -0.1) is 22.0 Å². The number of thioether (sulfide) groups is 1. The number of rotatable bonds is 4. The van der Waals surface area contributed by atoms with E-state index in [9.17, 15) is 9.59 Å². The molecule has 2 amide bonds. The SMILES string of the molecule is O=C(CN1C(=O)CCSc2ccccc21)Nc1nnc(-c2ccccn2)[nH]1. The van der Waals surface area contributed by atoms with Crippen LogP contribution < -0.4 is 10.2 Å². The molecule has 0 unspecified atom stereocenters. The molecule has 0 bridgehead atoms. The minimum Gasteiger partial charge on any atom is -0.306 e. The molecular formula is C18H16N6O2S. The lowest BCUT2D eigenvalue weighted by molar-refractivity contribution is -0.121. The number of nitrogens with one attached hydrogen (secondary N) is 2. The first kappa shape index (κ1) is 17.2. The average Bonchev–Trinajstić information content (AvgIpc) is 3.09. The fraction of sp³-hybridized carbons (Fsp3) is 0.167. The molecule has 136 valence electrons. The molecule has 1 aliphatic heterocycles. The van der Waals surface area contributed by atoms with E-state index in [0.29, 0.717) is 23.7 Å². The molecule has 8 nitrogen and oxygen atoms in total. The number of hydrogen-bond acceptors (Lipinski definition) is 6. The molecule has 0 atom stereocenters. The lowest BCUT2D eigenvalue weighted by Crippen LogP contribution is -2.38. The summed E-state index contributed by atoms with van der Waals surface area (Å²) in [5.41, 5.74) is 1.38. The van der Waals surface area contributed by atoms with Crippen LogP contribution in [0.5, 0.6) is 0 Å². The lowest BCUT2D eigenvalue weighted by Gasteiger charge is -2.21. The zero-order chi connectivity index (χ0) is 18.6. The number of nitrogens with zero attached hydrogens (tertiary/aromatic N) is 4. The number of H-pyrrole nitrogens is 1. The summed E-state index contributed by atoms with van der Waals surface area (Å²) < 4.78 is 0. The van der Waals surface area contributed by atoms with Gasteiger partial charge in [0.05, 0.1) is 5.69 Å². The minimum absolute atomic E-state index is 0.0747. The summed E-state index contributed by atoms with van der Waals surface area (Å²) in [6.07, 6.45) is 2.04. The highest BCUT2D eigenvalue weighted by molar-refractivity contribution is 7.99. The van der Waals surface area contributed by atoms with Gasteiger partial charge in [0.1, 0.15) is 12.2 Å². The molecule has 0 saturated carbocycles. The Morgan fingerprint density at radius 1 is 1.19 bits per heavy atom. The van der Waals surface area contributed by atoms with E-state index in [0.717, 1.165) is 10.6 Å². The van der Waals surface area contributed by atoms with Gasteiger partial charge in [-0.25, -0.2) is 0 Å². The Hall–Kier alpha value is -3.20. The molecule has 2 aromatic heterocycles. The molecule has 27 heavy (non-hydrogen) atoms. The number of amides is 2. The molecule has 0 aliphatic carbocycles. The van der Waals surface area contributed by atoms with Crippen LogP contribution in [0.2, 0.25) is 0 Å². The number of carbonyl (C=O) groups excluding carboxylic acids is 2. The number of benzene rings is 1. The number of fused-ring (bicyclic) bond motifs is 1.